The van der Waals surface area contributed by atoms with Gasteiger partial charge in [-0.25, -0.2) is 4.39 Å². The Balaban J connectivity index is 2.24. The minimum absolute atomic E-state index is 0.0892. The first-order valence-electron chi connectivity index (χ1n) is 5.04. The SMILES string of the molecule is CN(Cc1ccsc1)c1cc(Cl)c(F)cc1N. The topological polar surface area (TPSA) is 29.3 Å². The first-order chi connectivity index (χ1) is 8.08. The van der Waals surface area contributed by atoms with Crippen molar-refractivity contribution in [2.45, 2.75) is 6.54 Å². The molecule has 90 valence electrons. The average molecular weight is 271 g/mol. The summed E-state index contributed by atoms with van der Waals surface area (Å²) in [4.78, 5) is 1.95. The second-order valence-corrected chi connectivity index (χ2v) is 5.00. The third kappa shape index (κ3) is 2.70. The smallest absolute Gasteiger partial charge is 0.143 e. The van der Waals surface area contributed by atoms with Crippen molar-refractivity contribution in [3.63, 3.8) is 0 Å². The molecule has 1 heterocycles. The summed E-state index contributed by atoms with van der Waals surface area (Å²) in [6, 6.07) is 4.85. The molecule has 0 amide bonds. The van der Waals surface area contributed by atoms with E-state index in [1.54, 1.807) is 17.4 Å². The van der Waals surface area contributed by atoms with E-state index in [4.69, 9.17) is 17.3 Å². The first-order valence-corrected chi connectivity index (χ1v) is 6.36. The van der Waals surface area contributed by atoms with Crippen LogP contribution >= 0.6 is 22.9 Å². The Morgan fingerprint density at radius 1 is 1.47 bits per heavy atom. The Kier molecular flexibility index (Phi) is 3.54. The molecule has 0 atom stereocenters. The van der Waals surface area contributed by atoms with Gasteiger partial charge >= 0.3 is 0 Å². The number of nitrogens with two attached hydrogens (primary N) is 1. The molecule has 0 aliphatic heterocycles. The van der Waals surface area contributed by atoms with Crippen LogP contribution in [0.1, 0.15) is 5.56 Å². The maximum Gasteiger partial charge on any atom is 0.143 e. The second-order valence-electron chi connectivity index (χ2n) is 3.81. The lowest BCUT2D eigenvalue weighted by Crippen LogP contribution is -2.17. The van der Waals surface area contributed by atoms with E-state index in [0.29, 0.717) is 5.69 Å². The van der Waals surface area contributed by atoms with Crippen molar-refractivity contribution < 1.29 is 4.39 Å². The lowest BCUT2D eigenvalue weighted by Gasteiger charge is -2.21. The lowest BCUT2D eigenvalue weighted by molar-refractivity contribution is 0.629. The Labute approximate surface area is 108 Å². The summed E-state index contributed by atoms with van der Waals surface area (Å²) in [6.45, 7) is 0.718. The summed E-state index contributed by atoms with van der Waals surface area (Å²) in [5.41, 5.74) is 8.11. The second kappa shape index (κ2) is 4.94. The summed E-state index contributed by atoms with van der Waals surface area (Å²) in [7, 11) is 1.90. The zero-order chi connectivity index (χ0) is 12.4. The molecule has 0 saturated carbocycles. The molecule has 0 aliphatic rings. The third-order valence-electron chi connectivity index (χ3n) is 2.48. The molecule has 2 nitrogen and oxygen atoms in total. The highest BCUT2D eigenvalue weighted by Crippen LogP contribution is 2.29. The van der Waals surface area contributed by atoms with E-state index in [1.165, 1.54) is 11.6 Å². The molecular weight excluding hydrogens is 259 g/mol. The van der Waals surface area contributed by atoms with Crippen LogP contribution in [0, 0.1) is 5.82 Å². The van der Waals surface area contributed by atoms with Gasteiger partial charge in [-0.05, 0) is 28.5 Å². The van der Waals surface area contributed by atoms with Crippen molar-refractivity contribution in [2.75, 3.05) is 17.7 Å². The van der Waals surface area contributed by atoms with Crippen molar-refractivity contribution in [3.8, 4) is 0 Å². The maximum absolute atomic E-state index is 13.2. The minimum atomic E-state index is -0.489. The number of anilines is 2. The van der Waals surface area contributed by atoms with Crippen LogP contribution in [0.2, 0.25) is 5.02 Å². The summed E-state index contributed by atoms with van der Waals surface area (Å²) in [6.07, 6.45) is 0. The van der Waals surface area contributed by atoms with Crippen LogP contribution in [0.3, 0.4) is 0 Å². The Morgan fingerprint density at radius 3 is 2.88 bits per heavy atom. The van der Waals surface area contributed by atoms with E-state index in [0.717, 1.165) is 12.2 Å². The molecule has 0 fully saturated rings. The summed E-state index contributed by atoms with van der Waals surface area (Å²) < 4.78 is 13.2. The predicted molar refractivity (Wildman–Crippen MR) is 72.2 cm³/mol. The van der Waals surface area contributed by atoms with Gasteiger partial charge in [0.15, 0.2) is 0 Å². The molecule has 1 aromatic heterocycles. The average Bonchev–Trinajstić information content (AvgIpc) is 2.76. The van der Waals surface area contributed by atoms with Crippen LogP contribution in [0.4, 0.5) is 15.8 Å². The molecule has 2 N–H and O–H groups in total. The number of halogens is 2. The van der Waals surface area contributed by atoms with Crippen LogP contribution in [0.25, 0.3) is 0 Å². The molecule has 2 aromatic rings. The number of thiophene rings is 1. The van der Waals surface area contributed by atoms with Gasteiger partial charge in [0.1, 0.15) is 5.82 Å². The molecule has 0 unspecified atom stereocenters. The summed E-state index contributed by atoms with van der Waals surface area (Å²) in [5.74, 6) is -0.489. The largest absolute Gasteiger partial charge is 0.397 e. The van der Waals surface area contributed by atoms with E-state index in [-0.39, 0.29) is 5.02 Å². The monoisotopic (exact) mass is 270 g/mol. The van der Waals surface area contributed by atoms with Gasteiger partial charge in [0, 0.05) is 19.7 Å². The summed E-state index contributed by atoms with van der Waals surface area (Å²) in [5, 5.41) is 4.17. The Morgan fingerprint density at radius 2 is 2.24 bits per heavy atom. The highest BCUT2D eigenvalue weighted by molar-refractivity contribution is 7.07. The van der Waals surface area contributed by atoms with Crippen molar-refractivity contribution >= 4 is 34.3 Å². The van der Waals surface area contributed by atoms with Crippen LogP contribution in [-0.4, -0.2) is 7.05 Å². The fourth-order valence-corrected chi connectivity index (χ4v) is 2.44. The van der Waals surface area contributed by atoms with Crippen molar-refractivity contribution in [2.24, 2.45) is 0 Å². The fraction of sp³-hybridized carbons (Fsp3) is 0.167. The highest BCUT2D eigenvalue weighted by Gasteiger charge is 2.10. The summed E-state index contributed by atoms with van der Waals surface area (Å²) >= 11 is 7.40. The third-order valence-corrected chi connectivity index (χ3v) is 3.50. The number of nitrogens with zero attached hydrogens (tertiary/aromatic N) is 1. The Hall–Kier alpha value is -1.26. The molecule has 0 radical (unpaired) electrons. The van der Waals surface area contributed by atoms with Gasteiger partial charge in [0.2, 0.25) is 0 Å². The van der Waals surface area contributed by atoms with E-state index >= 15 is 0 Å². The molecule has 0 aliphatic carbocycles. The van der Waals surface area contributed by atoms with E-state index in [2.05, 4.69) is 5.38 Å². The van der Waals surface area contributed by atoms with Crippen molar-refractivity contribution in [1.29, 1.82) is 0 Å². The Bertz CT molecular complexity index is 513. The molecule has 17 heavy (non-hydrogen) atoms. The first kappa shape index (κ1) is 12.2. The molecule has 5 heteroatoms. The molecule has 0 bridgehead atoms. The number of hydrogen-bond acceptors (Lipinski definition) is 3. The van der Waals surface area contributed by atoms with Crippen LogP contribution in [-0.2, 0) is 6.54 Å². The zero-order valence-electron chi connectivity index (χ0n) is 9.28. The van der Waals surface area contributed by atoms with E-state index < -0.39 is 5.82 Å². The van der Waals surface area contributed by atoms with Crippen molar-refractivity contribution in [3.05, 3.63) is 45.4 Å². The van der Waals surface area contributed by atoms with Gasteiger partial charge in [-0.2, -0.15) is 11.3 Å². The minimum Gasteiger partial charge on any atom is -0.397 e. The number of nitrogen functional groups attached to an aromatic ring is 1. The van der Waals surface area contributed by atoms with Crippen LogP contribution in [0.15, 0.2) is 29.0 Å². The molecule has 0 spiro atoms. The van der Waals surface area contributed by atoms with Gasteiger partial charge in [-0.3, -0.25) is 0 Å². The molecule has 2 rings (SSSR count). The molecular formula is C12H12ClFN2S. The number of benzene rings is 1. The van der Waals surface area contributed by atoms with Crippen LogP contribution < -0.4 is 10.6 Å². The lowest BCUT2D eigenvalue weighted by atomic mass is 10.2. The highest BCUT2D eigenvalue weighted by atomic mass is 35.5. The van der Waals surface area contributed by atoms with Gasteiger partial charge in [-0.1, -0.05) is 11.6 Å². The predicted octanol–water partition coefficient (Wildman–Crippen LogP) is 3.76. The maximum atomic E-state index is 13.2. The van der Waals surface area contributed by atoms with Crippen molar-refractivity contribution in [1.82, 2.24) is 0 Å². The van der Waals surface area contributed by atoms with Gasteiger partial charge in [0.25, 0.3) is 0 Å². The number of rotatable bonds is 3. The molecule has 0 saturated heterocycles. The standard InChI is InChI=1S/C12H12ClFN2S/c1-16(6-8-2-3-17-7-8)12-4-9(13)10(14)5-11(12)15/h2-5,7H,6,15H2,1H3. The molecule has 1 aromatic carbocycles. The number of hydrogen-bond donors (Lipinski definition) is 1. The fourth-order valence-electron chi connectivity index (χ4n) is 1.62. The quantitative estimate of drug-likeness (QED) is 0.861. The van der Waals surface area contributed by atoms with Crippen LogP contribution in [0.5, 0.6) is 0 Å². The van der Waals surface area contributed by atoms with Gasteiger partial charge in [-0.15, -0.1) is 0 Å². The van der Waals surface area contributed by atoms with E-state index in [9.17, 15) is 4.39 Å². The normalized spacial score (nSPS) is 10.5. The van der Waals surface area contributed by atoms with E-state index in [1.807, 2.05) is 23.4 Å². The van der Waals surface area contributed by atoms with Gasteiger partial charge in [0.05, 0.1) is 16.4 Å². The zero-order valence-corrected chi connectivity index (χ0v) is 10.9. The van der Waals surface area contributed by atoms with Gasteiger partial charge < -0.3 is 10.6 Å².